The van der Waals surface area contributed by atoms with E-state index < -0.39 is 0 Å². The van der Waals surface area contributed by atoms with E-state index in [-0.39, 0.29) is 18.1 Å². The molecule has 0 atom stereocenters. The molecule has 0 spiro atoms. The van der Waals surface area contributed by atoms with Gasteiger partial charge in [-0.3, -0.25) is 9.36 Å². The number of rotatable bonds is 5. The van der Waals surface area contributed by atoms with E-state index in [0.717, 1.165) is 16.5 Å². The molecule has 116 valence electrons. The highest BCUT2D eigenvalue weighted by Gasteiger charge is 2.06. The summed E-state index contributed by atoms with van der Waals surface area (Å²) in [4.78, 5) is 26.2. The number of hydrogen-bond donors (Lipinski definition) is 1. The van der Waals surface area contributed by atoms with Crippen LogP contribution in [0.3, 0.4) is 0 Å². The van der Waals surface area contributed by atoms with Crippen molar-refractivity contribution >= 4 is 18.6 Å². The Kier molecular flexibility index (Phi) is 4.99. The van der Waals surface area contributed by atoms with E-state index in [0.29, 0.717) is 18.5 Å². The van der Waals surface area contributed by atoms with Gasteiger partial charge < -0.3 is 9.72 Å². The van der Waals surface area contributed by atoms with Crippen LogP contribution >= 0.6 is 0 Å². The molecule has 0 radical (unpaired) electrons. The second-order valence-electron chi connectivity index (χ2n) is 4.97. The van der Waals surface area contributed by atoms with Crippen molar-refractivity contribution in [1.29, 1.82) is 0 Å². The predicted molar refractivity (Wildman–Crippen MR) is 85.8 cm³/mol. The fraction of sp³-hybridized carbons (Fsp3) is 0.294. The van der Waals surface area contributed by atoms with Crippen molar-refractivity contribution in [3.8, 4) is 0 Å². The lowest BCUT2D eigenvalue weighted by Gasteiger charge is -2.06. The lowest BCUT2D eigenvalue weighted by atomic mass is 10.1. The highest BCUT2D eigenvalue weighted by molar-refractivity contribution is 5.72. The maximum atomic E-state index is 11.9. The number of ether oxygens (including phenoxy) is 1. The molecule has 0 aliphatic rings. The van der Waals surface area contributed by atoms with Crippen LogP contribution in [0.4, 0.5) is 0 Å². The number of imidazole rings is 1. The molecule has 1 aromatic carbocycles. The van der Waals surface area contributed by atoms with Crippen LogP contribution in [0, 0.1) is 0 Å². The second-order valence-corrected chi connectivity index (χ2v) is 4.97. The summed E-state index contributed by atoms with van der Waals surface area (Å²) in [5.74, 6) is -0.249. The first-order valence-corrected chi connectivity index (χ1v) is 7.22. The molecule has 2 aromatic rings. The van der Waals surface area contributed by atoms with Gasteiger partial charge in [0.1, 0.15) is 0 Å². The van der Waals surface area contributed by atoms with Gasteiger partial charge in [-0.05, 0) is 25.0 Å². The molecule has 0 bridgehead atoms. The van der Waals surface area contributed by atoms with Crippen LogP contribution < -0.4 is 16.4 Å². The summed E-state index contributed by atoms with van der Waals surface area (Å²) < 4.78 is 6.58. The third-order valence-electron chi connectivity index (χ3n) is 3.36. The highest BCUT2D eigenvalue weighted by atomic mass is 16.5. The number of esters is 1. The first kappa shape index (κ1) is 15.8. The summed E-state index contributed by atoms with van der Waals surface area (Å²) in [6.45, 7) is 8.28. The number of hydrogen-bond acceptors (Lipinski definition) is 3. The molecule has 0 aliphatic heterocycles. The Hall–Kier alpha value is -2.56. The van der Waals surface area contributed by atoms with Crippen molar-refractivity contribution in [1.82, 2.24) is 9.55 Å². The third-order valence-corrected chi connectivity index (χ3v) is 3.36. The van der Waals surface area contributed by atoms with E-state index >= 15 is 0 Å². The fourth-order valence-corrected chi connectivity index (χ4v) is 2.42. The van der Waals surface area contributed by atoms with Crippen LogP contribution in [0.2, 0.25) is 0 Å². The van der Waals surface area contributed by atoms with E-state index in [9.17, 15) is 9.59 Å². The highest BCUT2D eigenvalue weighted by Crippen LogP contribution is 2.07. The smallest absolute Gasteiger partial charge is 0.326 e. The molecular formula is C17H20N2O3. The largest absolute Gasteiger partial charge is 0.466 e. The Morgan fingerprint density at radius 2 is 2.14 bits per heavy atom. The molecule has 0 fully saturated rings. The van der Waals surface area contributed by atoms with Gasteiger partial charge in [-0.25, -0.2) is 4.79 Å². The normalized spacial score (nSPS) is 11.6. The topological polar surface area (TPSA) is 64.1 Å². The Balaban J connectivity index is 2.27. The summed E-state index contributed by atoms with van der Waals surface area (Å²) in [5, 5.41) is 1.39. The molecule has 0 unspecified atom stereocenters. The number of carbonyl (C=O) groups excluding carboxylic acids is 1. The zero-order valence-electron chi connectivity index (χ0n) is 12.9. The van der Waals surface area contributed by atoms with Crippen LogP contribution in [0.15, 0.2) is 29.1 Å². The molecule has 0 amide bonds. The predicted octanol–water partition coefficient (Wildman–Crippen LogP) is 0.541. The van der Waals surface area contributed by atoms with E-state index in [1.54, 1.807) is 11.5 Å². The minimum absolute atomic E-state index is 0.186. The number of nitrogens with one attached hydrogen (secondary N) is 1. The molecule has 1 N–H and O–H groups in total. The SMILES string of the molecule is C=c1[nH]c(=O)n(Cc2cccc(CC(=O)OCC)c2)/c1=C/C. The van der Waals surface area contributed by atoms with Crippen molar-refractivity contribution in [3.05, 3.63) is 56.6 Å². The maximum Gasteiger partial charge on any atom is 0.326 e. The average molecular weight is 300 g/mol. The van der Waals surface area contributed by atoms with Crippen molar-refractivity contribution in [2.45, 2.75) is 26.8 Å². The third kappa shape index (κ3) is 3.55. The van der Waals surface area contributed by atoms with Gasteiger partial charge in [0.2, 0.25) is 0 Å². The Morgan fingerprint density at radius 3 is 2.82 bits per heavy atom. The van der Waals surface area contributed by atoms with Gasteiger partial charge in [0.05, 0.1) is 30.3 Å². The van der Waals surface area contributed by atoms with E-state index in [2.05, 4.69) is 11.6 Å². The van der Waals surface area contributed by atoms with Gasteiger partial charge in [0.15, 0.2) is 0 Å². The summed E-state index contributed by atoms with van der Waals surface area (Å²) in [6.07, 6.45) is 2.08. The number of nitrogens with zero attached hydrogens (tertiary/aromatic N) is 1. The Bertz CT molecular complexity index is 830. The molecule has 0 saturated heterocycles. The summed E-state index contributed by atoms with van der Waals surface area (Å²) in [5.41, 5.74) is 1.64. The molecule has 1 aromatic heterocycles. The molecule has 5 nitrogen and oxygen atoms in total. The van der Waals surface area contributed by atoms with Gasteiger partial charge in [-0.15, -0.1) is 0 Å². The molecule has 22 heavy (non-hydrogen) atoms. The average Bonchev–Trinajstić information content (AvgIpc) is 2.73. The molecule has 2 rings (SSSR count). The van der Waals surface area contributed by atoms with Crippen molar-refractivity contribution in [2.75, 3.05) is 6.61 Å². The number of benzene rings is 1. The number of aromatic amines is 1. The van der Waals surface area contributed by atoms with E-state index in [4.69, 9.17) is 4.74 Å². The first-order chi connectivity index (χ1) is 10.5. The van der Waals surface area contributed by atoms with Crippen LogP contribution in [0.1, 0.15) is 25.0 Å². The lowest BCUT2D eigenvalue weighted by Crippen LogP contribution is -2.31. The summed E-state index contributed by atoms with van der Waals surface area (Å²) in [7, 11) is 0. The van der Waals surface area contributed by atoms with Crippen molar-refractivity contribution in [3.63, 3.8) is 0 Å². The molecule has 0 aliphatic carbocycles. The van der Waals surface area contributed by atoms with Crippen LogP contribution in [-0.2, 0) is 22.5 Å². The monoisotopic (exact) mass is 300 g/mol. The second kappa shape index (κ2) is 6.93. The van der Waals surface area contributed by atoms with Gasteiger partial charge in [0.25, 0.3) is 0 Å². The van der Waals surface area contributed by atoms with Gasteiger partial charge in [-0.1, -0.05) is 36.9 Å². The number of H-pyrrole nitrogens is 1. The number of aromatic nitrogens is 2. The Morgan fingerprint density at radius 1 is 1.41 bits per heavy atom. The van der Waals surface area contributed by atoms with Crippen molar-refractivity contribution in [2.24, 2.45) is 0 Å². The quantitative estimate of drug-likeness (QED) is 0.820. The van der Waals surface area contributed by atoms with E-state index in [1.807, 2.05) is 37.3 Å². The van der Waals surface area contributed by atoms with Gasteiger partial charge in [0, 0.05) is 0 Å². The fourth-order valence-electron chi connectivity index (χ4n) is 2.42. The van der Waals surface area contributed by atoms with Crippen LogP contribution in [0.25, 0.3) is 12.7 Å². The standard InChI is InChI=1S/C17H20N2O3/c1-4-15-12(3)18-17(21)19(15)11-14-8-6-7-13(9-14)10-16(20)22-5-2/h4,6-9H,3,5,10-11H2,1-2H3,(H,18,21)/b15-4+. The van der Waals surface area contributed by atoms with Gasteiger partial charge >= 0.3 is 11.7 Å². The zero-order valence-corrected chi connectivity index (χ0v) is 12.9. The van der Waals surface area contributed by atoms with Crippen molar-refractivity contribution < 1.29 is 9.53 Å². The maximum absolute atomic E-state index is 11.9. The summed E-state index contributed by atoms with van der Waals surface area (Å²) in [6, 6.07) is 7.59. The van der Waals surface area contributed by atoms with Gasteiger partial charge in [-0.2, -0.15) is 0 Å². The molecular weight excluding hydrogens is 280 g/mol. The summed E-state index contributed by atoms with van der Waals surface area (Å²) >= 11 is 0. The molecule has 0 saturated carbocycles. The first-order valence-electron chi connectivity index (χ1n) is 7.22. The lowest BCUT2D eigenvalue weighted by molar-refractivity contribution is -0.142. The van der Waals surface area contributed by atoms with Crippen LogP contribution in [0.5, 0.6) is 0 Å². The Labute approximate surface area is 128 Å². The minimum atomic E-state index is -0.249. The van der Waals surface area contributed by atoms with Crippen LogP contribution in [-0.4, -0.2) is 22.1 Å². The minimum Gasteiger partial charge on any atom is -0.466 e. The zero-order chi connectivity index (χ0) is 16.1. The molecule has 1 heterocycles. The van der Waals surface area contributed by atoms with E-state index in [1.165, 1.54) is 0 Å². The number of carbonyl (C=O) groups is 1. The molecule has 5 heteroatoms.